The predicted octanol–water partition coefficient (Wildman–Crippen LogP) is 2.65. The summed E-state index contributed by atoms with van der Waals surface area (Å²) in [5.41, 5.74) is 5.75. The highest BCUT2D eigenvalue weighted by molar-refractivity contribution is 5.83. The van der Waals surface area contributed by atoms with Gasteiger partial charge in [0.1, 0.15) is 5.41 Å². The third-order valence-electron chi connectivity index (χ3n) is 3.40. The van der Waals surface area contributed by atoms with E-state index in [-0.39, 0.29) is 18.1 Å². The van der Waals surface area contributed by atoms with Crippen molar-refractivity contribution in [2.24, 2.45) is 5.73 Å². The van der Waals surface area contributed by atoms with Crippen molar-refractivity contribution in [3.05, 3.63) is 35.9 Å². The zero-order valence-corrected chi connectivity index (χ0v) is 13.5. The van der Waals surface area contributed by atoms with Crippen molar-refractivity contribution in [1.82, 2.24) is 0 Å². The van der Waals surface area contributed by atoms with Crippen molar-refractivity contribution >= 4 is 5.97 Å². The smallest absolute Gasteiger partial charge is 0.317 e. The first-order valence-corrected chi connectivity index (χ1v) is 7.42. The van der Waals surface area contributed by atoms with E-state index in [2.05, 4.69) is 0 Å². The summed E-state index contributed by atoms with van der Waals surface area (Å²) in [5.74, 6) is -0.281. The topological polar surface area (TPSA) is 61.5 Å². The van der Waals surface area contributed by atoms with Gasteiger partial charge in [0.25, 0.3) is 0 Å². The lowest BCUT2D eigenvalue weighted by Gasteiger charge is -2.32. The number of nitrogens with two attached hydrogens (primary N) is 1. The van der Waals surface area contributed by atoms with Crippen LogP contribution in [0, 0.1) is 0 Å². The van der Waals surface area contributed by atoms with Crippen LogP contribution in [0.5, 0.6) is 0 Å². The maximum Gasteiger partial charge on any atom is 0.317 e. The monoisotopic (exact) mass is 293 g/mol. The molecule has 1 rings (SSSR count). The lowest BCUT2D eigenvalue weighted by molar-refractivity contribution is -0.151. The molecule has 0 saturated carbocycles. The van der Waals surface area contributed by atoms with Gasteiger partial charge in [-0.05, 0) is 39.7 Å². The Balaban J connectivity index is 3.00. The molecule has 0 fully saturated rings. The maximum absolute atomic E-state index is 12.5. The van der Waals surface area contributed by atoms with E-state index in [0.717, 1.165) is 5.56 Å². The Morgan fingerprint density at radius 3 is 2.29 bits per heavy atom. The van der Waals surface area contributed by atoms with Gasteiger partial charge in [-0.3, -0.25) is 4.79 Å². The predicted molar refractivity (Wildman–Crippen MR) is 84.1 cm³/mol. The highest BCUT2D eigenvalue weighted by atomic mass is 16.5. The molecule has 0 heterocycles. The highest BCUT2D eigenvalue weighted by Gasteiger charge is 2.40. The number of ether oxygens (including phenoxy) is 2. The van der Waals surface area contributed by atoms with Crippen molar-refractivity contribution in [3.63, 3.8) is 0 Å². The Hall–Kier alpha value is -1.39. The van der Waals surface area contributed by atoms with Crippen molar-refractivity contribution in [3.8, 4) is 0 Å². The molecule has 0 aromatic heterocycles. The van der Waals surface area contributed by atoms with Crippen molar-refractivity contribution in [2.75, 3.05) is 19.8 Å². The summed E-state index contributed by atoms with van der Waals surface area (Å²) in [6.07, 6.45) is 0.504. The average molecular weight is 293 g/mol. The molecule has 1 aromatic rings. The Bertz CT molecular complexity index is 439. The highest BCUT2D eigenvalue weighted by Crippen LogP contribution is 2.29. The molecule has 2 N–H and O–H groups in total. The summed E-state index contributed by atoms with van der Waals surface area (Å²) in [5, 5.41) is 0. The maximum atomic E-state index is 12.5. The molecular weight excluding hydrogens is 266 g/mol. The largest absolute Gasteiger partial charge is 0.465 e. The molecule has 1 atom stereocenters. The lowest BCUT2D eigenvalue weighted by atomic mass is 9.77. The minimum atomic E-state index is -0.845. The summed E-state index contributed by atoms with van der Waals surface area (Å²) >= 11 is 0. The second kappa shape index (κ2) is 7.57. The number of hydrogen-bond acceptors (Lipinski definition) is 4. The van der Waals surface area contributed by atoms with Gasteiger partial charge >= 0.3 is 5.97 Å². The van der Waals surface area contributed by atoms with E-state index in [4.69, 9.17) is 15.2 Å². The second-order valence-electron chi connectivity index (χ2n) is 6.08. The van der Waals surface area contributed by atoms with Crippen molar-refractivity contribution in [1.29, 1.82) is 0 Å². The number of hydrogen-bond donors (Lipinski definition) is 1. The molecule has 0 radical (unpaired) electrons. The molecular formula is C17H27NO3. The quantitative estimate of drug-likeness (QED) is 0.785. The fourth-order valence-electron chi connectivity index (χ4n) is 2.23. The van der Waals surface area contributed by atoms with E-state index in [0.29, 0.717) is 19.6 Å². The van der Waals surface area contributed by atoms with Crippen LogP contribution in [0.15, 0.2) is 30.3 Å². The fourth-order valence-corrected chi connectivity index (χ4v) is 2.23. The Labute approximate surface area is 127 Å². The van der Waals surface area contributed by atoms with Crippen LogP contribution >= 0.6 is 0 Å². The molecule has 0 spiro atoms. The first-order valence-electron chi connectivity index (χ1n) is 7.42. The van der Waals surface area contributed by atoms with Gasteiger partial charge in [-0.2, -0.15) is 0 Å². The van der Waals surface area contributed by atoms with Crippen LogP contribution in [0.4, 0.5) is 0 Å². The molecule has 118 valence electrons. The van der Waals surface area contributed by atoms with Gasteiger partial charge in [-0.25, -0.2) is 0 Å². The number of benzene rings is 1. The first-order chi connectivity index (χ1) is 9.85. The molecule has 21 heavy (non-hydrogen) atoms. The summed E-state index contributed by atoms with van der Waals surface area (Å²) in [6.45, 7) is 8.76. The minimum Gasteiger partial charge on any atom is -0.465 e. The van der Waals surface area contributed by atoms with Crippen LogP contribution in [0.2, 0.25) is 0 Å². The average Bonchev–Trinajstić information content (AvgIpc) is 2.44. The summed E-state index contributed by atoms with van der Waals surface area (Å²) in [6, 6.07) is 9.57. The molecule has 0 saturated heterocycles. The van der Waals surface area contributed by atoms with Crippen molar-refractivity contribution < 1.29 is 14.3 Å². The fraction of sp³-hybridized carbons (Fsp3) is 0.588. The third-order valence-corrected chi connectivity index (χ3v) is 3.40. The lowest BCUT2D eigenvalue weighted by Crippen LogP contribution is -2.45. The molecule has 0 amide bonds. The first kappa shape index (κ1) is 17.7. The molecule has 0 aliphatic heterocycles. The second-order valence-corrected chi connectivity index (χ2v) is 6.08. The summed E-state index contributed by atoms with van der Waals surface area (Å²) in [4.78, 5) is 12.5. The number of esters is 1. The van der Waals surface area contributed by atoms with Crippen LogP contribution in [0.1, 0.15) is 39.7 Å². The zero-order valence-electron chi connectivity index (χ0n) is 13.5. The van der Waals surface area contributed by atoms with E-state index >= 15 is 0 Å². The van der Waals surface area contributed by atoms with E-state index in [1.807, 2.05) is 51.1 Å². The molecule has 0 aliphatic carbocycles. The molecule has 0 aliphatic rings. The standard InChI is InChI=1S/C17H27NO3/c1-5-20-15(19)17(13-18,11-12-21-16(2,3)4)14-9-7-6-8-10-14/h6-10H,5,11-13,18H2,1-4H3. The molecule has 4 heteroatoms. The van der Waals surface area contributed by atoms with Crippen LogP contribution in [0.3, 0.4) is 0 Å². The Morgan fingerprint density at radius 2 is 1.81 bits per heavy atom. The van der Waals surface area contributed by atoms with Crippen LogP contribution in [0.25, 0.3) is 0 Å². The van der Waals surface area contributed by atoms with E-state index in [9.17, 15) is 4.79 Å². The van der Waals surface area contributed by atoms with Gasteiger partial charge < -0.3 is 15.2 Å². The number of carbonyl (C=O) groups is 1. The van der Waals surface area contributed by atoms with E-state index in [1.54, 1.807) is 6.92 Å². The number of carbonyl (C=O) groups excluding carboxylic acids is 1. The van der Waals surface area contributed by atoms with Crippen molar-refractivity contribution in [2.45, 2.75) is 45.1 Å². The van der Waals surface area contributed by atoms with Gasteiger partial charge in [0.2, 0.25) is 0 Å². The number of rotatable bonds is 7. The van der Waals surface area contributed by atoms with Gasteiger partial charge in [-0.15, -0.1) is 0 Å². The Morgan fingerprint density at radius 1 is 1.19 bits per heavy atom. The molecule has 4 nitrogen and oxygen atoms in total. The minimum absolute atomic E-state index is 0.198. The van der Waals surface area contributed by atoms with Gasteiger partial charge in [0.05, 0.1) is 12.2 Å². The Kier molecular flexibility index (Phi) is 6.37. The zero-order chi connectivity index (χ0) is 15.9. The van der Waals surface area contributed by atoms with Crippen LogP contribution in [-0.2, 0) is 19.7 Å². The molecule has 0 bridgehead atoms. The van der Waals surface area contributed by atoms with Crippen LogP contribution < -0.4 is 5.73 Å². The van der Waals surface area contributed by atoms with Gasteiger partial charge in [0.15, 0.2) is 0 Å². The SMILES string of the molecule is CCOC(=O)C(CN)(CCOC(C)(C)C)c1ccccc1. The third kappa shape index (κ3) is 4.83. The molecule has 1 unspecified atom stereocenters. The summed E-state index contributed by atoms with van der Waals surface area (Å²) < 4.78 is 11.0. The molecule has 1 aromatic carbocycles. The van der Waals surface area contributed by atoms with Gasteiger partial charge in [-0.1, -0.05) is 30.3 Å². The van der Waals surface area contributed by atoms with Crippen LogP contribution in [-0.4, -0.2) is 31.3 Å². The van der Waals surface area contributed by atoms with Gasteiger partial charge in [0, 0.05) is 13.2 Å². The summed E-state index contributed by atoms with van der Waals surface area (Å²) in [7, 11) is 0. The normalized spacial score (nSPS) is 14.5. The van der Waals surface area contributed by atoms with E-state index < -0.39 is 5.41 Å². The van der Waals surface area contributed by atoms with E-state index in [1.165, 1.54) is 0 Å².